The second-order valence-electron chi connectivity index (χ2n) is 8.48. The number of fused-ring (bicyclic) bond motifs is 6. The van der Waals surface area contributed by atoms with E-state index in [4.69, 9.17) is 5.41 Å². The molecule has 0 saturated heterocycles. The van der Waals surface area contributed by atoms with Gasteiger partial charge in [-0.05, 0) is 41.7 Å². The second kappa shape index (κ2) is 6.60. The van der Waals surface area contributed by atoms with Crippen molar-refractivity contribution in [1.29, 1.82) is 10.7 Å². The van der Waals surface area contributed by atoms with Gasteiger partial charge in [-0.3, -0.25) is 5.41 Å². The Morgan fingerprint density at radius 2 is 2.25 bits per heavy atom. The SMILES string of the molecule is CN(C=N)C1NC2=C(CCC=C2)/C1=C1/C2c3cc(F)c(C#N)c(F)c3C3N=CN=CN3C12. The normalized spacial score (nSPS) is 30.8. The van der Waals surface area contributed by atoms with E-state index in [-0.39, 0.29) is 23.7 Å². The highest BCUT2D eigenvalue weighted by atomic mass is 19.1. The molecule has 0 amide bonds. The van der Waals surface area contributed by atoms with E-state index in [0.717, 1.165) is 29.7 Å². The molecule has 5 aliphatic rings. The first-order valence-corrected chi connectivity index (χ1v) is 10.4. The highest BCUT2D eigenvalue weighted by Gasteiger charge is 2.59. The van der Waals surface area contributed by atoms with E-state index in [1.165, 1.54) is 24.3 Å². The third-order valence-corrected chi connectivity index (χ3v) is 6.91. The largest absolute Gasteiger partial charge is 0.361 e. The number of aliphatic imine (C=N–C) groups is 2. The summed E-state index contributed by atoms with van der Waals surface area (Å²) in [7, 11) is 1.83. The molecule has 4 atom stereocenters. The van der Waals surface area contributed by atoms with Crippen molar-refractivity contribution in [3.8, 4) is 6.07 Å². The zero-order chi connectivity index (χ0) is 22.1. The first-order valence-electron chi connectivity index (χ1n) is 10.4. The van der Waals surface area contributed by atoms with Crippen molar-refractivity contribution in [2.75, 3.05) is 7.05 Å². The van der Waals surface area contributed by atoms with Crippen molar-refractivity contribution in [3.63, 3.8) is 0 Å². The number of hydrogen-bond acceptors (Lipinski definition) is 6. The minimum absolute atomic E-state index is 0.128. The fourth-order valence-electron chi connectivity index (χ4n) is 5.49. The summed E-state index contributed by atoms with van der Waals surface area (Å²) in [5.74, 6) is -1.93. The highest BCUT2D eigenvalue weighted by molar-refractivity contribution is 5.79. The first kappa shape index (κ1) is 18.9. The Balaban J connectivity index is 1.59. The second-order valence-corrected chi connectivity index (χ2v) is 8.48. The van der Waals surface area contributed by atoms with Gasteiger partial charge in [-0.25, -0.2) is 18.8 Å². The summed E-state index contributed by atoms with van der Waals surface area (Å²) in [4.78, 5) is 12.2. The van der Waals surface area contributed by atoms with Crippen molar-refractivity contribution in [2.24, 2.45) is 9.98 Å². The van der Waals surface area contributed by atoms with Crippen LogP contribution in [-0.2, 0) is 0 Å². The zero-order valence-electron chi connectivity index (χ0n) is 17.2. The maximum Gasteiger partial charge on any atom is 0.153 e. The third-order valence-electron chi connectivity index (χ3n) is 6.91. The average Bonchev–Trinajstić information content (AvgIpc) is 3.43. The smallest absolute Gasteiger partial charge is 0.153 e. The van der Waals surface area contributed by atoms with Gasteiger partial charge in [0.1, 0.15) is 30.0 Å². The number of rotatable bonds is 2. The summed E-state index contributed by atoms with van der Waals surface area (Å²) >= 11 is 0. The number of nitrogens with zero attached hydrogens (tertiary/aromatic N) is 5. The van der Waals surface area contributed by atoms with Crippen LogP contribution in [-0.4, -0.2) is 48.1 Å². The molecule has 6 rings (SSSR count). The molecule has 3 heterocycles. The van der Waals surface area contributed by atoms with Crippen LogP contribution < -0.4 is 5.32 Å². The van der Waals surface area contributed by atoms with Crippen molar-refractivity contribution in [3.05, 3.63) is 69.0 Å². The van der Waals surface area contributed by atoms with E-state index in [9.17, 15) is 9.65 Å². The Kier molecular flexibility index (Phi) is 3.90. The summed E-state index contributed by atoms with van der Waals surface area (Å²) in [6.45, 7) is 0. The number of allylic oxidation sites excluding steroid dienone is 2. The Morgan fingerprint density at radius 1 is 1.41 bits per heavy atom. The number of hydrogen-bond donors (Lipinski definition) is 2. The monoisotopic (exact) mass is 431 g/mol. The van der Waals surface area contributed by atoms with Gasteiger partial charge in [-0.1, -0.05) is 6.08 Å². The van der Waals surface area contributed by atoms with Crippen molar-refractivity contribution >= 4 is 19.0 Å². The summed E-state index contributed by atoms with van der Waals surface area (Å²) in [6.07, 6.45) is 9.31. The standard InChI is InChI=1S/C23H19F2N7/c1-31(8-27)23-17(11-4-2-3-5-15(11)30-23)19-16-12-6-14(24)13(7-26)20(25)18(12)22-29-9-28-10-32(22)21(16)19/h3,5-6,8-10,16,21-23,27,30H,2,4H2,1H3/b19-17+,27-8?. The maximum atomic E-state index is 15.3. The molecular weight excluding hydrogens is 412 g/mol. The number of halogens is 2. The lowest BCUT2D eigenvalue weighted by molar-refractivity contribution is 0.296. The van der Waals surface area contributed by atoms with Crippen LogP contribution in [0.3, 0.4) is 0 Å². The van der Waals surface area contributed by atoms with Crippen LogP contribution in [0.4, 0.5) is 8.78 Å². The molecule has 0 aromatic heterocycles. The van der Waals surface area contributed by atoms with Gasteiger partial charge in [0, 0.05) is 29.8 Å². The summed E-state index contributed by atoms with van der Waals surface area (Å²) in [5.41, 5.74) is 4.54. The first-order chi connectivity index (χ1) is 15.6. The van der Waals surface area contributed by atoms with Gasteiger partial charge in [-0.15, -0.1) is 0 Å². The Hall–Kier alpha value is -3.80. The summed E-state index contributed by atoms with van der Waals surface area (Å²) < 4.78 is 30.0. The lowest BCUT2D eigenvalue weighted by Gasteiger charge is -2.34. The quantitative estimate of drug-likeness (QED) is 0.556. The van der Waals surface area contributed by atoms with Crippen LogP contribution in [0.25, 0.3) is 0 Å². The van der Waals surface area contributed by atoms with Gasteiger partial charge in [0.15, 0.2) is 12.0 Å². The van der Waals surface area contributed by atoms with Crippen LogP contribution in [0.15, 0.2) is 50.6 Å². The van der Waals surface area contributed by atoms with Gasteiger partial charge in [0.2, 0.25) is 0 Å². The topological polar surface area (TPSA) is 90.9 Å². The van der Waals surface area contributed by atoms with Gasteiger partial charge < -0.3 is 15.1 Å². The van der Waals surface area contributed by atoms with Crippen LogP contribution in [0, 0.1) is 28.4 Å². The van der Waals surface area contributed by atoms with E-state index in [1.807, 2.05) is 11.9 Å². The molecular formula is C23H19F2N7. The molecule has 0 radical (unpaired) electrons. The summed E-state index contributed by atoms with van der Waals surface area (Å²) in [5, 5.41) is 20.6. The van der Waals surface area contributed by atoms with Crippen LogP contribution in [0.2, 0.25) is 0 Å². The fourth-order valence-corrected chi connectivity index (χ4v) is 5.49. The van der Waals surface area contributed by atoms with Gasteiger partial charge in [0.25, 0.3) is 0 Å². The van der Waals surface area contributed by atoms with Gasteiger partial charge >= 0.3 is 0 Å². The number of likely N-dealkylation sites (N-methyl/N-ethyl adjacent to an activating group) is 1. The molecule has 160 valence electrons. The van der Waals surface area contributed by atoms with Crippen LogP contribution >= 0.6 is 0 Å². The molecule has 7 nitrogen and oxygen atoms in total. The molecule has 32 heavy (non-hydrogen) atoms. The third kappa shape index (κ3) is 2.35. The molecule has 0 spiro atoms. The maximum absolute atomic E-state index is 15.3. The highest BCUT2D eigenvalue weighted by Crippen LogP contribution is 2.62. The van der Waals surface area contributed by atoms with Crippen molar-refractivity contribution in [2.45, 2.75) is 37.1 Å². The lowest BCUT2D eigenvalue weighted by Crippen LogP contribution is -2.40. The molecule has 2 N–H and O–H groups in total. The summed E-state index contributed by atoms with van der Waals surface area (Å²) in [6, 6.07) is 2.82. The molecule has 9 heteroatoms. The molecule has 0 bridgehead atoms. The predicted molar refractivity (Wildman–Crippen MR) is 115 cm³/mol. The Morgan fingerprint density at radius 3 is 3.03 bits per heavy atom. The van der Waals surface area contributed by atoms with E-state index in [1.54, 1.807) is 17.3 Å². The average molecular weight is 431 g/mol. The molecule has 3 aliphatic heterocycles. The molecule has 4 unspecified atom stereocenters. The molecule has 1 fully saturated rings. The Labute approximate surface area is 183 Å². The van der Waals surface area contributed by atoms with Crippen LogP contribution in [0.5, 0.6) is 0 Å². The number of nitrogens with one attached hydrogen (secondary N) is 2. The lowest BCUT2D eigenvalue weighted by atomic mass is 9.92. The fraction of sp³-hybridized carbons (Fsp3) is 0.304. The predicted octanol–water partition coefficient (Wildman–Crippen LogP) is 3.06. The molecule has 1 aromatic carbocycles. The van der Waals surface area contributed by atoms with Crippen molar-refractivity contribution < 1.29 is 8.78 Å². The molecule has 2 aliphatic carbocycles. The zero-order valence-corrected chi connectivity index (χ0v) is 17.2. The molecule has 1 saturated carbocycles. The minimum atomic E-state index is -0.849. The van der Waals surface area contributed by atoms with E-state index < -0.39 is 23.4 Å². The van der Waals surface area contributed by atoms with Crippen LogP contribution in [0.1, 0.15) is 41.6 Å². The number of benzene rings is 1. The van der Waals surface area contributed by atoms with Crippen molar-refractivity contribution in [1.82, 2.24) is 15.1 Å². The van der Waals surface area contributed by atoms with E-state index >= 15 is 4.39 Å². The minimum Gasteiger partial charge on any atom is -0.361 e. The van der Waals surface area contributed by atoms with E-state index in [0.29, 0.717) is 5.56 Å². The Bertz CT molecular complexity index is 1270. The number of nitriles is 1. The van der Waals surface area contributed by atoms with Gasteiger partial charge in [0.05, 0.1) is 18.7 Å². The van der Waals surface area contributed by atoms with Gasteiger partial charge in [-0.2, -0.15) is 5.26 Å². The molecule has 1 aromatic rings. The van der Waals surface area contributed by atoms with E-state index in [2.05, 4.69) is 27.5 Å².